The van der Waals surface area contributed by atoms with Crippen molar-refractivity contribution in [2.24, 2.45) is 0 Å². The average molecular weight is 360 g/mol. The molecule has 0 radical (unpaired) electrons. The van der Waals surface area contributed by atoms with Gasteiger partial charge in [-0.1, -0.05) is 0 Å². The Morgan fingerprint density at radius 1 is 1.23 bits per heavy atom. The van der Waals surface area contributed by atoms with E-state index in [-0.39, 0.29) is 28.8 Å². The zero-order valence-corrected chi connectivity index (χ0v) is 14.6. The van der Waals surface area contributed by atoms with Gasteiger partial charge in [-0.05, 0) is 38.8 Å². The van der Waals surface area contributed by atoms with Crippen LogP contribution in [0.15, 0.2) is 23.1 Å². The summed E-state index contributed by atoms with van der Waals surface area (Å²) in [5.41, 5.74) is -0.450. The predicted octanol–water partition coefficient (Wildman–Crippen LogP) is 2.65. The number of ether oxygens (including phenoxy) is 1. The van der Waals surface area contributed by atoms with Crippen LogP contribution in [0.25, 0.3) is 10.9 Å². The molecule has 0 atom stereocenters. The number of likely N-dealkylation sites (tertiary alicyclic amines) is 1. The molecule has 2 fully saturated rings. The Morgan fingerprint density at radius 3 is 2.54 bits per heavy atom. The SMILES string of the molecule is CN1CCC(Oc2cc3c(cc2F)c(=O)c(C(=O)O)cn3C2CC2)CC1. The molecular formula is C19H21FN2O4. The van der Waals surface area contributed by atoms with Crippen molar-refractivity contribution < 1.29 is 19.0 Å². The van der Waals surface area contributed by atoms with E-state index >= 15 is 0 Å². The van der Waals surface area contributed by atoms with E-state index in [1.54, 1.807) is 10.6 Å². The average Bonchev–Trinajstić information content (AvgIpc) is 3.43. The lowest BCUT2D eigenvalue weighted by molar-refractivity contribution is 0.0695. The molecule has 0 spiro atoms. The van der Waals surface area contributed by atoms with Gasteiger partial charge in [0, 0.05) is 36.8 Å². The number of carboxylic acids is 1. The van der Waals surface area contributed by atoms with E-state index in [1.165, 1.54) is 6.20 Å². The molecule has 0 unspecified atom stereocenters. The molecule has 7 heteroatoms. The number of nitrogens with zero attached hydrogens (tertiary/aromatic N) is 2. The predicted molar refractivity (Wildman–Crippen MR) is 94.5 cm³/mol. The highest BCUT2D eigenvalue weighted by Crippen LogP contribution is 2.38. The fraction of sp³-hybridized carbons (Fsp3) is 0.474. The van der Waals surface area contributed by atoms with Crippen LogP contribution in [-0.4, -0.2) is 46.8 Å². The molecule has 4 rings (SSSR count). The molecule has 1 saturated heterocycles. The van der Waals surface area contributed by atoms with E-state index in [1.807, 2.05) is 7.05 Å². The van der Waals surface area contributed by atoms with Crippen LogP contribution in [0.1, 0.15) is 42.1 Å². The largest absolute Gasteiger partial charge is 0.487 e. The summed E-state index contributed by atoms with van der Waals surface area (Å²) in [5.74, 6) is -1.79. The second-order valence-corrected chi connectivity index (χ2v) is 7.24. The minimum atomic E-state index is -1.29. The van der Waals surface area contributed by atoms with Crippen molar-refractivity contribution in [3.05, 3.63) is 39.9 Å². The molecule has 1 N–H and O–H groups in total. The molecule has 1 aromatic heterocycles. The molecule has 2 aliphatic rings. The van der Waals surface area contributed by atoms with Gasteiger partial charge in [0.05, 0.1) is 5.52 Å². The molecule has 1 aromatic carbocycles. The molecular weight excluding hydrogens is 339 g/mol. The van der Waals surface area contributed by atoms with Gasteiger partial charge in [0.15, 0.2) is 11.6 Å². The molecule has 2 aromatic rings. The maximum absolute atomic E-state index is 14.6. The maximum atomic E-state index is 14.6. The molecule has 1 saturated carbocycles. The number of aromatic nitrogens is 1. The minimum Gasteiger partial charge on any atom is -0.487 e. The van der Waals surface area contributed by atoms with Crippen LogP contribution in [0.5, 0.6) is 5.75 Å². The van der Waals surface area contributed by atoms with Crippen molar-refractivity contribution >= 4 is 16.9 Å². The number of fused-ring (bicyclic) bond motifs is 1. The normalized spacial score (nSPS) is 19.0. The van der Waals surface area contributed by atoms with Gasteiger partial charge in [0.2, 0.25) is 5.43 Å². The maximum Gasteiger partial charge on any atom is 0.341 e. The lowest BCUT2D eigenvalue weighted by Gasteiger charge is -2.29. The zero-order chi connectivity index (χ0) is 18.4. The number of halogens is 1. The summed E-state index contributed by atoms with van der Waals surface area (Å²) in [6, 6.07) is 2.82. The smallest absolute Gasteiger partial charge is 0.341 e. The molecule has 2 heterocycles. The van der Waals surface area contributed by atoms with Crippen molar-refractivity contribution in [2.75, 3.05) is 20.1 Å². The third-order valence-electron chi connectivity index (χ3n) is 5.22. The minimum absolute atomic E-state index is 0.0578. The lowest BCUT2D eigenvalue weighted by Crippen LogP contribution is -2.35. The third-order valence-corrected chi connectivity index (χ3v) is 5.22. The summed E-state index contributed by atoms with van der Waals surface area (Å²) in [6.07, 6.45) is 4.79. The zero-order valence-electron chi connectivity index (χ0n) is 14.6. The van der Waals surface area contributed by atoms with Crippen molar-refractivity contribution in [3.63, 3.8) is 0 Å². The van der Waals surface area contributed by atoms with E-state index in [4.69, 9.17) is 4.74 Å². The third kappa shape index (κ3) is 3.07. The summed E-state index contributed by atoms with van der Waals surface area (Å²) in [4.78, 5) is 26.0. The van der Waals surface area contributed by atoms with Crippen LogP contribution in [0, 0.1) is 5.82 Å². The van der Waals surface area contributed by atoms with E-state index in [0.29, 0.717) is 5.52 Å². The number of carboxylic acid groups (broad SMARTS) is 1. The number of rotatable bonds is 4. The van der Waals surface area contributed by atoms with Gasteiger partial charge in [0.1, 0.15) is 11.7 Å². The van der Waals surface area contributed by atoms with E-state index < -0.39 is 17.2 Å². The second-order valence-electron chi connectivity index (χ2n) is 7.24. The number of carbonyl (C=O) groups is 1. The number of piperidine rings is 1. The highest BCUT2D eigenvalue weighted by atomic mass is 19.1. The first-order valence-electron chi connectivity index (χ1n) is 8.91. The Bertz CT molecular complexity index is 927. The molecule has 138 valence electrons. The Kier molecular flexibility index (Phi) is 4.19. The standard InChI is InChI=1S/C19H21FN2O4/c1-21-6-4-12(5-7-21)26-17-9-16-13(8-15(17)20)18(23)14(19(24)25)10-22(16)11-2-3-11/h8-12H,2-7H2,1H3,(H,24,25). The van der Waals surface area contributed by atoms with Crippen LogP contribution in [0.2, 0.25) is 0 Å². The molecule has 0 amide bonds. The van der Waals surface area contributed by atoms with E-state index in [9.17, 15) is 19.1 Å². The Hall–Kier alpha value is -2.41. The van der Waals surface area contributed by atoms with Crippen molar-refractivity contribution in [1.29, 1.82) is 0 Å². The molecule has 26 heavy (non-hydrogen) atoms. The number of hydrogen-bond acceptors (Lipinski definition) is 4. The number of hydrogen-bond donors (Lipinski definition) is 1. The Morgan fingerprint density at radius 2 is 1.92 bits per heavy atom. The summed E-state index contributed by atoms with van der Waals surface area (Å²) in [6.45, 7) is 1.79. The fourth-order valence-corrected chi connectivity index (χ4v) is 3.53. The summed E-state index contributed by atoms with van der Waals surface area (Å²) in [7, 11) is 2.04. The van der Waals surface area contributed by atoms with Crippen LogP contribution in [0.4, 0.5) is 4.39 Å². The number of aromatic carboxylic acids is 1. The first-order chi connectivity index (χ1) is 12.4. The topological polar surface area (TPSA) is 71.8 Å². The van der Waals surface area contributed by atoms with Crippen LogP contribution in [-0.2, 0) is 0 Å². The van der Waals surface area contributed by atoms with Crippen molar-refractivity contribution in [1.82, 2.24) is 9.47 Å². The monoisotopic (exact) mass is 360 g/mol. The van der Waals surface area contributed by atoms with Crippen LogP contribution >= 0.6 is 0 Å². The number of benzene rings is 1. The summed E-state index contributed by atoms with van der Waals surface area (Å²) < 4.78 is 22.2. The van der Waals surface area contributed by atoms with Gasteiger partial charge in [-0.25, -0.2) is 9.18 Å². The molecule has 6 nitrogen and oxygen atoms in total. The van der Waals surface area contributed by atoms with Gasteiger partial charge in [-0.15, -0.1) is 0 Å². The highest BCUT2D eigenvalue weighted by Gasteiger charge is 2.28. The van der Waals surface area contributed by atoms with Gasteiger partial charge < -0.3 is 19.3 Å². The Labute approximate surface area is 149 Å². The highest BCUT2D eigenvalue weighted by molar-refractivity contribution is 5.93. The quantitative estimate of drug-likeness (QED) is 0.908. The van der Waals surface area contributed by atoms with Gasteiger partial charge >= 0.3 is 5.97 Å². The molecule has 1 aliphatic heterocycles. The van der Waals surface area contributed by atoms with Gasteiger partial charge in [0.25, 0.3) is 0 Å². The first kappa shape index (κ1) is 17.0. The van der Waals surface area contributed by atoms with Crippen molar-refractivity contribution in [2.45, 2.75) is 37.8 Å². The fourth-order valence-electron chi connectivity index (χ4n) is 3.53. The second kappa shape index (κ2) is 6.39. The number of pyridine rings is 1. The first-order valence-corrected chi connectivity index (χ1v) is 8.91. The molecule has 1 aliphatic carbocycles. The van der Waals surface area contributed by atoms with E-state index in [2.05, 4.69) is 4.90 Å². The van der Waals surface area contributed by atoms with Gasteiger partial charge in [-0.2, -0.15) is 0 Å². The Balaban J connectivity index is 1.78. The van der Waals surface area contributed by atoms with E-state index in [0.717, 1.165) is 44.8 Å². The molecule has 0 bridgehead atoms. The van der Waals surface area contributed by atoms with Crippen LogP contribution in [0.3, 0.4) is 0 Å². The van der Waals surface area contributed by atoms with Crippen LogP contribution < -0.4 is 10.2 Å². The lowest BCUT2D eigenvalue weighted by atomic mass is 10.1. The van der Waals surface area contributed by atoms with Crippen molar-refractivity contribution in [3.8, 4) is 5.75 Å². The summed E-state index contributed by atoms with van der Waals surface area (Å²) in [5, 5.41) is 9.37. The summed E-state index contributed by atoms with van der Waals surface area (Å²) >= 11 is 0. The van der Waals surface area contributed by atoms with Gasteiger partial charge in [-0.3, -0.25) is 4.79 Å².